The lowest BCUT2D eigenvalue weighted by atomic mass is 9.88. The number of rotatable bonds is 48. The summed E-state index contributed by atoms with van der Waals surface area (Å²) < 4.78 is 34.8. The number of aliphatic carboxylic acids is 1. The maximum atomic E-state index is 13.4. The Balaban J connectivity index is 1.63. The zero-order chi connectivity index (χ0) is 63.3. The van der Waals surface area contributed by atoms with Crippen molar-refractivity contribution in [1.82, 2.24) is 10.6 Å². The molecular formula is C63H114N2O21. The first-order chi connectivity index (χ1) is 41.4. The molecule has 2 amide bonds. The Kier molecular flexibility index (Phi) is 40.2. The lowest BCUT2D eigenvalue weighted by molar-refractivity contribution is -0.386. The number of carbonyl (C=O) groups is 3. The summed E-state index contributed by atoms with van der Waals surface area (Å²) in [5.74, 6) is -6.11. The fourth-order valence-corrected chi connectivity index (χ4v) is 11.4. The van der Waals surface area contributed by atoms with Crippen molar-refractivity contribution in [3.05, 3.63) is 24.3 Å². The number of carboxylic acid groups (broad SMARTS) is 1. The van der Waals surface area contributed by atoms with Crippen LogP contribution in [0.3, 0.4) is 0 Å². The van der Waals surface area contributed by atoms with Crippen LogP contribution in [0.25, 0.3) is 0 Å². The van der Waals surface area contributed by atoms with Gasteiger partial charge in [0, 0.05) is 19.8 Å². The first-order valence-electron chi connectivity index (χ1n) is 32.7. The van der Waals surface area contributed by atoms with E-state index < -0.39 is 148 Å². The van der Waals surface area contributed by atoms with Crippen LogP contribution >= 0.6 is 0 Å². The minimum atomic E-state index is -3.08. The molecule has 0 aromatic rings. The van der Waals surface area contributed by atoms with Gasteiger partial charge in [0.25, 0.3) is 5.79 Å². The molecule has 0 bridgehead atoms. The molecule has 23 nitrogen and oxygen atoms in total. The number of aliphatic hydroxyl groups excluding tert-OH is 11. The molecule has 18 unspecified atom stereocenters. The minimum Gasteiger partial charge on any atom is -0.477 e. The van der Waals surface area contributed by atoms with Gasteiger partial charge < -0.3 is 100 Å². The Hall–Kier alpha value is -2.79. The molecule has 14 N–H and O–H groups in total. The summed E-state index contributed by atoms with van der Waals surface area (Å²) in [6.07, 6.45) is 11.8. The minimum absolute atomic E-state index is 0.214. The van der Waals surface area contributed by atoms with Crippen LogP contribution in [0.5, 0.6) is 0 Å². The smallest absolute Gasteiger partial charge is 0.364 e. The standard InChI is InChI=1S/C63H114N2O21/c1-4-6-8-10-12-14-16-18-20-21-23-25-27-29-31-33-35-37-50(73)65-44(45(70)36-34-32-30-28-26-24-22-19-17-15-13-11-9-7-5-2)42-81-60-55(77)54(76)57(49(41-68)83-60)84-61-56(78)59(53(75)48(40-67)82-61)86-63(62(79)80)38-46(71)51(64-43(3)69)58(85-63)52(74)47(72)39-66/h12,14,18,20,44-49,51-61,66-68,70-72,74-78H,4-11,13,15-17,19,21-42H2,1-3H3,(H,64,69)(H,65,73)(H,79,80)/b14-12-,20-18-. The zero-order valence-electron chi connectivity index (χ0n) is 51.9. The first-order valence-corrected chi connectivity index (χ1v) is 32.7. The Morgan fingerprint density at radius 2 is 1.12 bits per heavy atom. The molecule has 0 radical (unpaired) electrons. The second kappa shape index (κ2) is 44.6. The van der Waals surface area contributed by atoms with Crippen molar-refractivity contribution in [1.29, 1.82) is 0 Å². The second-order valence-corrected chi connectivity index (χ2v) is 24.0. The Bertz CT molecular complexity index is 1850. The number of hydrogen-bond acceptors (Lipinski definition) is 20. The normalized spacial score (nSPS) is 29.5. The number of unbranched alkanes of at least 4 members (excludes halogenated alkanes) is 24. The fraction of sp³-hybridized carbons (Fsp3) is 0.889. The van der Waals surface area contributed by atoms with Gasteiger partial charge in [0.2, 0.25) is 11.8 Å². The molecule has 0 spiro atoms. The molecule has 3 fully saturated rings. The SMILES string of the molecule is CCCCC/C=C\C/C=C\CCCCCCCCCC(=O)NC(COC1OC(CO)C(OC2OC(CO)C(O)C(OC3(C(=O)O)CC(O)C(NC(C)=O)C(C(O)C(O)CO)O3)C2O)C(O)C1O)C(O)CCCCCCCCCCCCCCCCC. The van der Waals surface area contributed by atoms with Crippen LogP contribution in [-0.4, -0.2) is 215 Å². The van der Waals surface area contributed by atoms with E-state index in [1.165, 1.54) is 83.5 Å². The van der Waals surface area contributed by atoms with Crippen molar-refractivity contribution in [2.24, 2.45) is 0 Å². The molecule has 3 aliphatic heterocycles. The molecule has 0 saturated carbocycles. The molecule has 0 aliphatic carbocycles. The van der Waals surface area contributed by atoms with Gasteiger partial charge in [-0.3, -0.25) is 9.59 Å². The zero-order valence-corrected chi connectivity index (χ0v) is 51.9. The highest BCUT2D eigenvalue weighted by atomic mass is 16.8. The molecule has 3 aliphatic rings. The molecule has 23 heteroatoms. The van der Waals surface area contributed by atoms with Gasteiger partial charge in [0.1, 0.15) is 67.1 Å². The monoisotopic (exact) mass is 1230 g/mol. The quantitative estimate of drug-likeness (QED) is 0.0294. The van der Waals surface area contributed by atoms with Crippen molar-refractivity contribution in [3.63, 3.8) is 0 Å². The van der Waals surface area contributed by atoms with Crippen LogP contribution in [0.4, 0.5) is 0 Å². The summed E-state index contributed by atoms with van der Waals surface area (Å²) >= 11 is 0. The summed E-state index contributed by atoms with van der Waals surface area (Å²) in [6, 6.07) is -2.53. The second-order valence-electron chi connectivity index (χ2n) is 24.0. The van der Waals surface area contributed by atoms with Crippen molar-refractivity contribution >= 4 is 17.8 Å². The average molecular weight is 1240 g/mol. The third-order valence-corrected chi connectivity index (χ3v) is 16.7. The van der Waals surface area contributed by atoms with Crippen LogP contribution in [0, 0.1) is 0 Å². The van der Waals surface area contributed by atoms with Gasteiger partial charge in [-0.2, -0.15) is 0 Å². The van der Waals surface area contributed by atoms with Gasteiger partial charge in [-0.15, -0.1) is 0 Å². The average Bonchev–Trinajstić information content (AvgIpc) is 1.19. The number of ether oxygens (including phenoxy) is 6. The third-order valence-electron chi connectivity index (χ3n) is 16.7. The molecule has 86 heavy (non-hydrogen) atoms. The molecule has 18 atom stereocenters. The van der Waals surface area contributed by atoms with Crippen LogP contribution in [0.2, 0.25) is 0 Å². The van der Waals surface area contributed by atoms with E-state index in [1.807, 2.05) is 0 Å². The van der Waals surface area contributed by atoms with Crippen molar-refractivity contribution in [2.45, 2.75) is 330 Å². The first kappa shape index (κ1) is 77.5. The highest BCUT2D eigenvalue weighted by Gasteiger charge is 2.60. The van der Waals surface area contributed by atoms with Crippen molar-refractivity contribution in [2.75, 3.05) is 26.4 Å². The number of carboxylic acids is 1. The van der Waals surface area contributed by atoms with Gasteiger partial charge in [-0.05, 0) is 44.9 Å². The highest BCUT2D eigenvalue weighted by molar-refractivity contribution is 5.77. The molecule has 0 aromatic heterocycles. The largest absolute Gasteiger partial charge is 0.477 e. The summed E-state index contributed by atoms with van der Waals surface area (Å²) in [4.78, 5) is 38.5. The Morgan fingerprint density at radius 1 is 0.605 bits per heavy atom. The van der Waals surface area contributed by atoms with Crippen LogP contribution in [0.1, 0.15) is 220 Å². The van der Waals surface area contributed by atoms with E-state index in [0.717, 1.165) is 90.4 Å². The third kappa shape index (κ3) is 27.8. The maximum absolute atomic E-state index is 13.4. The Labute approximate surface area is 511 Å². The maximum Gasteiger partial charge on any atom is 0.364 e. The predicted molar refractivity (Wildman–Crippen MR) is 320 cm³/mol. The fourth-order valence-electron chi connectivity index (χ4n) is 11.4. The van der Waals surface area contributed by atoms with Crippen LogP contribution in [-0.2, 0) is 42.8 Å². The summed E-state index contributed by atoms with van der Waals surface area (Å²) in [5.41, 5.74) is 0. The summed E-state index contributed by atoms with van der Waals surface area (Å²) in [6.45, 7) is 2.15. The van der Waals surface area contributed by atoms with Crippen molar-refractivity contribution in [3.8, 4) is 0 Å². The van der Waals surface area contributed by atoms with Gasteiger partial charge in [0.15, 0.2) is 12.6 Å². The molecule has 0 aromatic carbocycles. The molecular weight excluding hydrogens is 1120 g/mol. The Morgan fingerprint density at radius 3 is 1.65 bits per heavy atom. The highest BCUT2D eigenvalue weighted by Crippen LogP contribution is 2.38. The summed E-state index contributed by atoms with van der Waals surface area (Å²) in [5, 5.41) is 136. The topological polar surface area (TPSA) is 373 Å². The van der Waals surface area contributed by atoms with E-state index in [1.54, 1.807) is 0 Å². The van der Waals surface area contributed by atoms with Crippen LogP contribution in [0.15, 0.2) is 24.3 Å². The van der Waals surface area contributed by atoms with E-state index in [0.29, 0.717) is 19.3 Å². The number of carbonyl (C=O) groups excluding carboxylic acids is 2. The number of allylic oxidation sites excluding steroid dienone is 4. The number of nitrogens with one attached hydrogen (secondary N) is 2. The lowest BCUT2D eigenvalue weighted by Gasteiger charge is -2.50. The van der Waals surface area contributed by atoms with Gasteiger partial charge in [-0.1, -0.05) is 179 Å². The van der Waals surface area contributed by atoms with Crippen molar-refractivity contribution < 1.29 is 104 Å². The number of aliphatic hydroxyl groups is 11. The van der Waals surface area contributed by atoms with Gasteiger partial charge in [-0.25, -0.2) is 4.79 Å². The van der Waals surface area contributed by atoms with Crippen LogP contribution < -0.4 is 10.6 Å². The van der Waals surface area contributed by atoms with Gasteiger partial charge in [0.05, 0.1) is 50.7 Å². The van der Waals surface area contributed by atoms with Gasteiger partial charge >= 0.3 is 5.97 Å². The van der Waals surface area contributed by atoms with E-state index in [4.69, 9.17) is 28.4 Å². The summed E-state index contributed by atoms with van der Waals surface area (Å²) in [7, 11) is 0. The lowest BCUT2D eigenvalue weighted by Crippen LogP contribution is -2.70. The molecule has 3 saturated heterocycles. The predicted octanol–water partition coefficient (Wildman–Crippen LogP) is 4.50. The molecule has 3 rings (SSSR count). The number of hydrogen-bond donors (Lipinski definition) is 14. The molecule has 3 heterocycles. The van der Waals surface area contributed by atoms with E-state index in [9.17, 15) is 75.7 Å². The van der Waals surface area contributed by atoms with E-state index >= 15 is 0 Å². The van der Waals surface area contributed by atoms with E-state index in [-0.39, 0.29) is 18.9 Å². The number of amides is 2. The molecule has 502 valence electrons. The van der Waals surface area contributed by atoms with E-state index in [2.05, 4.69) is 48.8 Å².